The Morgan fingerprint density at radius 1 is 0.962 bits per heavy atom. The van der Waals surface area contributed by atoms with Gasteiger partial charge >= 0.3 is 0 Å². The van der Waals surface area contributed by atoms with Crippen LogP contribution < -0.4 is 11.1 Å². The van der Waals surface area contributed by atoms with Gasteiger partial charge in [0.1, 0.15) is 6.04 Å². The van der Waals surface area contributed by atoms with Crippen molar-refractivity contribution in [3.05, 3.63) is 29.8 Å². The molecule has 26 heavy (non-hydrogen) atoms. The van der Waals surface area contributed by atoms with Crippen LogP contribution in [0.4, 0.5) is 5.69 Å². The molecule has 1 amide bonds. The van der Waals surface area contributed by atoms with Crippen molar-refractivity contribution in [1.82, 2.24) is 0 Å². The molecular formula is C22H38N2O2. The van der Waals surface area contributed by atoms with Gasteiger partial charge < -0.3 is 16.2 Å². The Morgan fingerprint density at radius 3 is 1.96 bits per heavy atom. The highest BCUT2D eigenvalue weighted by atomic mass is 16.3. The molecule has 0 saturated heterocycles. The predicted molar refractivity (Wildman–Crippen MR) is 110 cm³/mol. The van der Waals surface area contributed by atoms with Gasteiger partial charge in [-0.3, -0.25) is 4.79 Å². The van der Waals surface area contributed by atoms with Crippen molar-refractivity contribution in [2.75, 3.05) is 5.32 Å². The normalized spacial score (nSPS) is 13.4. The third-order valence-electron chi connectivity index (χ3n) is 4.86. The lowest BCUT2D eigenvalue weighted by molar-refractivity contribution is -0.119. The van der Waals surface area contributed by atoms with Crippen LogP contribution in [-0.4, -0.2) is 23.2 Å². The van der Waals surface area contributed by atoms with E-state index in [4.69, 9.17) is 5.73 Å². The maximum atomic E-state index is 11.8. The minimum Gasteiger partial charge on any atom is -0.391 e. The molecule has 148 valence electrons. The Labute approximate surface area is 159 Å². The number of nitrogens with two attached hydrogens (primary N) is 1. The number of aryl methyl sites for hydroxylation is 1. The third-order valence-corrected chi connectivity index (χ3v) is 4.86. The number of hydrogen-bond acceptors (Lipinski definition) is 3. The van der Waals surface area contributed by atoms with Crippen LogP contribution in [0.25, 0.3) is 0 Å². The largest absolute Gasteiger partial charge is 0.391 e. The van der Waals surface area contributed by atoms with Crippen molar-refractivity contribution in [3.8, 4) is 0 Å². The summed E-state index contributed by atoms with van der Waals surface area (Å²) in [6, 6.07) is 7.01. The van der Waals surface area contributed by atoms with E-state index < -0.39 is 12.1 Å². The highest BCUT2D eigenvalue weighted by molar-refractivity contribution is 5.95. The summed E-state index contributed by atoms with van der Waals surface area (Å²) in [6.45, 7) is 3.77. The fourth-order valence-electron chi connectivity index (χ4n) is 3.02. The summed E-state index contributed by atoms with van der Waals surface area (Å²) in [5.41, 5.74) is 7.64. The first-order valence-corrected chi connectivity index (χ1v) is 10.4. The third kappa shape index (κ3) is 9.93. The first-order chi connectivity index (χ1) is 12.5. The lowest BCUT2D eigenvalue weighted by atomic mass is 10.0. The fourth-order valence-corrected chi connectivity index (χ4v) is 3.02. The molecule has 0 heterocycles. The van der Waals surface area contributed by atoms with Gasteiger partial charge in [0.2, 0.25) is 5.91 Å². The number of benzene rings is 1. The second-order valence-electron chi connectivity index (χ2n) is 7.38. The molecule has 1 rings (SSSR count). The van der Waals surface area contributed by atoms with Crippen LogP contribution >= 0.6 is 0 Å². The Hall–Kier alpha value is -1.39. The molecule has 0 radical (unpaired) electrons. The first kappa shape index (κ1) is 22.7. The second-order valence-corrected chi connectivity index (χ2v) is 7.38. The summed E-state index contributed by atoms with van der Waals surface area (Å²) in [7, 11) is 0. The number of aliphatic hydroxyl groups excluding tert-OH is 1. The van der Waals surface area contributed by atoms with Gasteiger partial charge in [-0.2, -0.15) is 0 Å². The van der Waals surface area contributed by atoms with Crippen LogP contribution in [0.2, 0.25) is 0 Å². The van der Waals surface area contributed by atoms with Gasteiger partial charge in [-0.25, -0.2) is 0 Å². The number of carbonyl (C=O) groups is 1. The van der Waals surface area contributed by atoms with Crippen LogP contribution in [0.3, 0.4) is 0 Å². The quantitative estimate of drug-likeness (QED) is 0.416. The van der Waals surface area contributed by atoms with Gasteiger partial charge in [-0.1, -0.05) is 76.8 Å². The SMILES string of the molecule is CCCCCCCCCCCCc1ccc(NC(=O)[C@@H](N)[C@@H](C)O)cc1. The average molecular weight is 363 g/mol. The Morgan fingerprint density at radius 2 is 1.46 bits per heavy atom. The average Bonchev–Trinajstić information content (AvgIpc) is 2.63. The fraction of sp³-hybridized carbons (Fsp3) is 0.682. The van der Waals surface area contributed by atoms with E-state index in [-0.39, 0.29) is 5.91 Å². The lowest BCUT2D eigenvalue weighted by Gasteiger charge is -2.14. The number of amides is 1. The molecule has 4 heteroatoms. The maximum Gasteiger partial charge on any atom is 0.243 e. The molecule has 0 spiro atoms. The number of aliphatic hydroxyl groups is 1. The zero-order chi connectivity index (χ0) is 19.2. The predicted octanol–water partition coefficient (Wildman–Crippen LogP) is 4.80. The number of nitrogens with one attached hydrogen (secondary N) is 1. The summed E-state index contributed by atoms with van der Waals surface area (Å²) in [6.07, 6.45) is 13.7. The molecule has 0 saturated carbocycles. The van der Waals surface area contributed by atoms with Crippen LogP contribution in [0.15, 0.2) is 24.3 Å². The van der Waals surface area contributed by atoms with Gasteiger partial charge in [0, 0.05) is 5.69 Å². The summed E-state index contributed by atoms with van der Waals surface area (Å²) in [5, 5.41) is 12.1. The van der Waals surface area contributed by atoms with Crippen LogP contribution in [-0.2, 0) is 11.2 Å². The van der Waals surface area contributed by atoms with E-state index in [1.807, 2.05) is 12.1 Å². The summed E-state index contributed by atoms with van der Waals surface area (Å²) >= 11 is 0. The van der Waals surface area contributed by atoms with Crippen molar-refractivity contribution < 1.29 is 9.90 Å². The van der Waals surface area contributed by atoms with E-state index in [0.29, 0.717) is 0 Å². The minimum atomic E-state index is -0.902. The molecule has 4 nitrogen and oxygen atoms in total. The molecule has 0 fully saturated rings. The topological polar surface area (TPSA) is 75.4 Å². The van der Waals surface area contributed by atoms with Crippen molar-refractivity contribution in [2.24, 2.45) is 5.73 Å². The number of hydrogen-bond donors (Lipinski definition) is 3. The van der Waals surface area contributed by atoms with E-state index in [1.165, 1.54) is 76.7 Å². The minimum absolute atomic E-state index is 0.359. The zero-order valence-corrected chi connectivity index (χ0v) is 16.7. The van der Waals surface area contributed by atoms with E-state index in [9.17, 15) is 9.90 Å². The monoisotopic (exact) mass is 362 g/mol. The number of unbranched alkanes of at least 4 members (excludes halogenated alkanes) is 9. The zero-order valence-electron chi connectivity index (χ0n) is 16.7. The summed E-state index contributed by atoms with van der Waals surface area (Å²) in [4.78, 5) is 11.8. The molecule has 1 aromatic rings. The Kier molecular flexibility index (Phi) is 12.0. The van der Waals surface area contributed by atoms with Crippen molar-refractivity contribution in [2.45, 2.75) is 96.6 Å². The molecule has 2 atom stereocenters. The molecule has 0 aliphatic carbocycles. The van der Waals surface area contributed by atoms with E-state index in [0.717, 1.165) is 12.1 Å². The number of rotatable bonds is 14. The molecule has 1 aromatic carbocycles. The van der Waals surface area contributed by atoms with Gasteiger partial charge in [0.25, 0.3) is 0 Å². The van der Waals surface area contributed by atoms with E-state index >= 15 is 0 Å². The number of carbonyl (C=O) groups excluding carboxylic acids is 1. The molecule has 4 N–H and O–H groups in total. The van der Waals surface area contributed by atoms with Gasteiger partial charge in [-0.05, 0) is 37.5 Å². The lowest BCUT2D eigenvalue weighted by Crippen LogP contribution is -2.43. The van der Waals surface area contributed by atoms with E-state index in [2.05, 4.69) is 24.4 Å². The van der Waals surface area contributed by atoms with Gasteiger partial charge in [0.15, 0.2) is 0 Å². The molecular weight excluding hydrogens is 324 g/mol. The molecule has 0 unspecified atom stereocenters. The smallest absolute Gasteiger partial charge is 0.243 e. The molecule has 0 aliphatic rings. The van der Waals surface area contributed by atoms with Crippen LogP contribution in [0, 0.1) is 0 Å². The second kappa shape index (κ2) is 13.8. The highest BCUT2D eigenvalue weighted by Crippen LogP contribution is 2.15. The first-order valence-electron chi connectivity index (χ1n) is 10.4. The van der Waals surface area contributed by atoms with E-state index in [1.54, 1.807) is 0 Å². The summed E-state index contributed by atoms with van der Waals surface area (Å²) < 4.78 is 0. The van der Waals surface area contributed by atoms with Crippen molar-refractivity contribution in [1.29, 1.82) is 0 Å². The Balaban J connectivity index is 2.12. The molecule has 0 aromatic heterocycles. The molecule has 0 bridgehead atoms. The Bertz CT molecular complexity index is 485. The van der Waals surface area contributed by atoms with Gasteiger partial charge in [-0.15, -0.1) is 0 Å². The van der Waals surface area contributed by atoms with Gasteiger partial charge in [0.05, 0.1) is 6.10 Å². The standard InChI is InChI=1S/C22H38N2O2/c1-3-4-5-6-7-8-9-10-11-12-13-19-14-16-20(17-15-19)24-22(26)21(23)18(2)25/h14-18,21,25H,3-13,23H2,1-2H3,(H,24,26)/t18-,21+/m1/s1. The van der Waals surface area contributed by atoms with Crippen molar-refractivity contribution in [3.63, 3.8) is 0 Å². The maximum absolute atomic E-state index is 11.8. The summed E-state index contributed by atoms with van der Waals surface area (Å²) in [5.74, 6) is -0.359. The van der Waals surface area contributed by atoms with Crippen LogP contribution in [0.5, 0.6) is 0 Å². The van der Waals surface area contributed by atoms with Crippen molar-refractivity contribution >= 4 is 11.6 Å². The highest BCUT2D eigenvalue weighted by Gasteiger charge is 2.18. The molecule has 0 aliphatic heterocycles. The van der Waals surface area contributed by atoms with Crippen LogP contribution in [0.1, 0.15) is 83.6 Å². The number of anilines is 1.